The van der Waals surface area contributed by atoms with Gasteiger partial charge in [0, 0.05) is 31.0 Å². The van der Waals surface area contributed by atoms with Crippen molar-refractivity contribution in [2.75, 3.05) is 13.7 Å². The maximum absolute atomic E-state index is 12.7. The highest BCUT2D eigenvalue weighted by molar-refractivity contribution is 5.94. The number of hydrogen-bond acceptors (Lipinski definition) is 2. The Bertz CT molecular complexity index is 631. The van der Waals surface area contributed by atoms with Crippen LogP contribution in [-0.4, -0.2) is 29.0 Å². The fourth-order valence-electron chi connectivity index (χ4n) is 2.17. The molecule has 0 aliphatic rings. The van der Waals surface area contributed by atoms with E-state index in [2.05, 4.69) is 6.58 Å². The largest absolute Gasteiger partial charge is 0.497 e. The molecule has 0 N–H and O–H groups in total. The topological polar surface area (TPSA) is 34.5 Å². The molecule has 1 aromatic carbocycles. The Morgan fingerprint density at radius 3 is 2.81 bits per heavy atom. The summed E-state index contributed by atoms with van der Waals surface area (Å²) in [6, 6.07) is 11.2. The number of methoxy groups -OCH3 is 1. The number of aromatic nitrogens is 1. The third kappa shape index (κ3) is 3.54. The molecule has 0 fully saturated rings. The molecule has 2 rings (SSSR count). The fraction of sp³-hybridized carbons (Fsp3) is 0.235. The van der Waals surface area contributed by atoms with E-state index in [1.165, 1.54) is 0 Å². The lowest BCUT2D eigenvalue weighted by atomic mass is 10.2. The second-order valence-corrected chi connectivity index (χ2v) is 4.82. The van der Waals surface area contributed by atoms with Crippen LogP contribution in [0.3, 0.4) is 0 Å². The van der Waals surface area contributed by atoms with Crippen molar-refractivity contribution in [3.8, 4) is 5.75 Å². The van der Waals surface area contributed by atoms with Crippen LogP contribution in [0.4, 0.5) is 0 Å². The van der Waals surface area contributed by atoms with Crippen molar-refractivity contribution in [3.63, 3.8) is 0 Å². The highest BCUT2D eigenvalue weighted by Gasteiger charge is 2.16. The average Bonchev–Trinajstić information content (AvgIpc) is 2.91. The van der Waals surface area contributed by atoms with Crippen LogP contribution in [0.5, 0.6) is 5.75 Å². The van der Waals surface area contributed by atoms with Crippen molar-refractivity contribution in [2.45, 2.75) is 6.54 Å². The summed E-state index contributed by atoms with van der Waals surface area (Å²) in [6.07, 6.45) is 3.71. The van der Waals surface area contributed by atoms with Crippen LogP contribution in [0.15, 0.2) is 55.3 Å². The maximum Gasteiger partial charge on any atom is 0.254 e. The predicted molar refractivity (Wildman–Crippen MR) is 83.3 cm³/mol. The van der Waals surface area contributed by atoms with E-state index >= 15 is 0 Å². The van der Waals surface area contributed by atoms with Crippen LogP contribution in [0.2, 0.25) is 0 Å². The molecule has 0 bridgehead atoms. The van der Waals surface area contributed by atoms with Gasteiger partial charge in [-0.2, -0.15) is 0 Å². The first-order valence-corrected chi connectivity index (χ1v) is 6.80. The molecule has 110 valence electrons. The van der Waals surface area contributed by atoms with E-state index < -0.39 is 0 Å². The maximum atomic E-state index is 12.7. The van der Waals surface area contributed by atoms with Gasteiger partial charge in [0.25, 0.3) is 5.91 Å². The van der Waals surface area contributed by atoms with Gasteiger partial charge < -0.3 is 14.2 Å². The highest BCUT2D eigenvalue weighted by atomic mass is 16.5. The van der Waals surface area contributed by atoms with E-state index in [0.29, 0.717) is 24.4 Å². The minimum Gasteiger partial charge on any atom is -0.497 e. The molecule has 0 aliphatic heterocycles. The summed E-state index contributed by atoms with van der Waals surface area (Å²) in [5.41, 5.74) is 1.69. The molecule has 4 nitrogen and oxygen atoms in total. The molecule has 0 spiro atoms. The smallest absolute Gasteiger partial charge is 0.254 e. The zero-order valence-electron chi connectivity index (χ0n) is 12.5. The molecule has 1 amide bonds. The van der Waals surface area contributed by atoms with E-state index in [0.717, 1.165) is 5.69 Å². The van der Waals surface area contributed by atoms with Crippen molar-refractivity contribution in [3.05, 3.63) is 66.5 Å². The number of aryl methyl sites for hydroxylation is 1. The van der Waals surface area contributed by atoms with Gasteiger partial charge in [0.1, 0.15) is 5.75 Å². The van der Waals surface area contributed by atoms with E-state index in [4.69, 9.17) is 4.74 Å². The van der Waals surface area contributed by atoms with Gasteiger partial charge in [0.2, 0.25) is 0 Å². The number of benzene rings is 1. The van der Waals surface area contributed by atoms with Crippen LogP contribution in [0.1, 0.15) is 16.1 Å². The van der Waals surface area contributed by atoms with Crippen molar-refractivity contribution in [1.82, 2.24) is 9.47 Å². The van der Waals surface area contributed by atoms with Gasteiger partial charge in [0.05, 0.1) is 13.7 Å². The third-order valence-electron chi connectivity index (χ3n) is 3.36. The van der Waals surface area contributed by atoms with Crippen molar-refractivity contribution in [1.29, 1.82) is 0 Å². The first kappa shape index (κ1) is 14.9. The van der Waals surface area contributed by atoms with Crippen LogP contribution in [0.25, 0.3) is 0 Å². The Kier molecular flexibility index (Phi) is 4.82. The third-order valence-corrected chi connectivity index (χ3v) is 3.36. The van der Waals surface area contributed by atoms with E-state index in [-0.39, 0.29) is 5.91 Å². The molecule has 0 saturated carbocycles. The SMILES string of the molecule is C=CCN(Cc1cccn1C)C(=O)c1cccc(OC)c1. The Balaban J connectivity index is 2.22. The zero-order valence-corrected chi connectivity index (χ0v) is 12.5. The number of hydrogen-bond donors (Lipinski definition) is 0. The van der Waals surface area contributed by atoms with Gasteiger partial charge in [-0.1, -0.05) is 12.1 Å². The number of carbonyl (C=O) groups excluding carboxylic acids is 1. The molecule has 0 unspecified atom stereocenters. The highest BCUT2D eigenvalue weighted by Crippen LogP contribution is 2.16. The van der Waals surface area contributed by atoms with Crippen LogP contribution in [-0.2, 0) is 13.6 Å². The molecule has 0 aliphatic carbocycles. The van der Waals surface area contributed by atoms with Crippen molar-refractivity contribution in [2.24, 2.45) is 7.05 Å². The molecule has 0 atom stereocenters. The fourth-order valence-corrected chi connectivity index (χ4v) is 2.17. The van der Waals surface area contributed by atoms with E-state index in [1.807, 2.05) is 42.1 Å². The summed E-state index contributed by atoms with van der Waals surface area (Å²) < 4.78 is 7.18. The monoisotopic (exact) mass is 284 g/mol. The summed E-state index contributed by atoms with van der Waals surface area (Å²) >= 11 is 0. The Morgan fingerprint density at radius 2 is 2.19 bits per heavy atom. The number of amides is 1. The second-order valence-electron chi connectivity index (χ2n) is 4.82. The first-order chi connectivity index (χ1) is 10.2. The lowest BCUT2D eigenvalue weighted by molar-refractivity contribution is 0.0759. The summed E-state index contributed by atoms with van der Waals surface area (Å²) in [4.78, 5) is 14.4. The molecule has 0 saturated heterocycles. The number of nitrogens with zero attached hydrogens (tertiary/aromatic N) is 2. The summed E-state index contributed by atoms with van der Waals surface area (Å²) in [5, 5.41) is 0. The van der Waals surface area contributed by atoms with Crippen LogP contribution in [0, 0.1) is 0 Å². The Hall–Kier alpha value is -2.49. The zero-order chi connectivity index (χ0) is 15.2. The van der Waals surface area contributed by atoms with Gasteiger partial charge in [0.15, 0.2) is 0 Å². The van der Waals surface area contributed by atoms with Gasteiger partial charge >= 0.3 is 0 Å². The van der Waals surface area contributed by atoms with Gasteiger partial charge in [-0.05, 0) is 30.3 Å². The van der Waals surface area contributed by atoms with Crippen molar-refractivity contribution < 1.29 is 9.53 Å². The predicted octanol–water partition coefficient (Wildman–Crippen LogP) is 2.86. The lowest BCUT2D eigenvalue weighted by Gasteiger charge is -2.22. The van der Waals surface area contributed by atoms with Crippen LogP contribution < -0.4 is 4.74 Å². The summed E-state index contributed by atoms with van der Waals surface area (Å²) in [6.45, 7) is 4.79. The van der Waals surface area contributed by atoms with Gasteiger partial charge in [-0.15, -0.1) is 6.58 Å². The van der Waals surface area contributed by atoms with Crippen LogP contribution >= 0.6 is 0 Å². The lowest BCUT2D eigenvalue weighted by Crippen LogP contribution is -2.31. The van der Waals surface area contributed by atoms with E-state index in [1.54, 1.807) is 30.2 Å². The van der Waals surface area contributed by atoms with Crippen molar-refractivity contribution >= 4 is 5.91 Å². The van der Waals surface area contributed by atoms with Gasteiger partial charge in [-0.25, -0.2) is 0 Å². The number of rotatable bonds is 6. The minimum atomic E-state index is -0.0324. The molecular formula is C17H20N2O2. The molecule has 1 heterocycles. The Labute approximate surface area is 125 Å². The normalized spacial score (nSPS) is 10.2. The minimum absolute atomic E-state index is 0.0324. The molecule has 0 radical (unpaired) electrons. The molecule has 2 aromatic rings. The second kappa shape index (κ2) is 6.79. The number of carbonyl (C=O) groups is 1. The molecule has 21 heavy (non-hydrogen) atoms. The molecule has 1 aromatic heterocycles. The Morgan fingerprint density at radius 1 is 1.38 bits per heavy atom. The van der Waals surface area contributed by atoms with Gasteiger partial charge in [-0.3, -0.25) is 4.79 Å². The quantitative estimate of drug-likeness (QED) is 0.764. The summed E-state index contributed by atoms with van der Waals surface area (Å²) in [5.74, 6) is 0.647. The summed E-state index contributed by atoms with van der Waals surface area (Å²) in [7, 11) is 3.56. The molecule has 4 heteroatoms. The number of ether oxygens (including phenoxy) is 1. The molecular weight excluding hydrogens is 264 g/mol. The van der Waals surface area contributed by atoms with E-state index in [9.17, 15) is 4.79 Å². The first-order valence-electron chi connectivity index (χ1n) is 6.80. The average molecular weight is 284 g/mol. The standard InChI is InChI=1S/C17H20N2O2/c1-4-10-19(13-15-8-6-11-18(15)2)17(20)14-7-5-9-16(12-14)21-3/h4-9,11-12H,1,10,13H2,2-3H3.